The Morgan fingerprint density at radius 1 is 1.06 bits per heavy atom. The van der Waals surface area contributed by atoms with Crippen molar-refractivity contribution in [1.82, 2.24) is 5.32 Å². The van der Waals surface area contributed by atoms with E-state index in [4.69, 9.17) is 0 Å². The van der Waals surface area contributed by atoms with Crippen LogP contribution in [-0.2, 0) is 6.42 Å². The summed E-state index contributed by atoms with van der Waals surface area (Å²) in [5.41, 5.74) is 2.29. The third kappa shape index (κ3) is 2.81. The Morgan fingerprint density at radius 2 is 1.72 bits per heavy atom. The molecule has 1 aliphatic carbocycles. The van der Waals surface area contributed by atoms with Crippen molar-refractivity contribution in [1.29, 1.82) is 0 Å². The van der Waals surface area contributed by atoms with E-state index in [0.717, 1.165) is 37.4 Å². The predicted octanol–water partition coefficient (Wildman–Crippen LogP) is 2.82. The summed E-state index contributed by atoms with van der Waals surface area (Å²) in [7, 11) is 0. The van der Waals surface area contributed by atoms with Crippen LogP contribution < -0.4 is 5.32 Å². The van der Waals surface area contributed by atoms with Crippen LogP contribution in [0.15, 0.2) is 24.3 Å². The molecule has 1 saturated heterocycles. The fraction of sp³-hybridized carbons (Fsp3) is 0.562. The Morgan fingerprint density at radius 3 is 2.33 bits per heavy atom. The number of piperidine rings is 1. The number of rotatable bonds is 4. The van der Waals surface area contributed by atoms with Gasteiger partial charge in [-0.3, -0.25) is 4.79 Å². The van der Waals surface area contributed by atoms with Gasteiger partial charge in [-0.2, -0.15) is 0 Å². The first-order valence-electron chi connectivity index (χ1n) is 7.17. The molecule has 0 amide bonds. The van der Waals surface area contributed by atoms with Crippen molar-refractivity contribution >= 4 is 5.78 Å². The molecule has 2 aliphatic rings. The average molecular weight is 243 g/mol. The van der Waals surface area contributed by atoms with Gasteiger partial charge in [0.2, 0.25) is 0 Å². The molecule has 1 aromatic rings. The maximum Gasteiger partial charge on any atom is 0.166 e. The van der Waals surface area contributed by atoms with Gasteiger partial charge in [0.05, 0.1) is 0 Å². The fourth-order valence-corrected chi connectivity index (χ4v) is 2.78. The van der Waals surface area contributed by atoms with Crippen LogP contribution in [-0.4, -0.2) is 18.9 Å². The molecule has 96 valence electrons. The summed E-state index contributed by atoms with van der Waals surface area (Å²) < 4.78 is 0. The molecule has 3 rings (SSSR count). The van der Waals surface area contributed by atoms with Crippen molar-refractivity contribution in [3.8, 4) is 0 Å². The van der Waals surface area contributed by atoms with Crippen molar-refractivity contribution in [2.75, 3.05) is 13.1 Å². The number of nitrogens with one attached hydrogen (secondary N) is 1. The first-order chi connectivity index (χ1) is 8.83. The van der Waals surface area contributed by atoms with E-state index in [0.29, 0.717) is 5.78 Å². The zero-order chi connectivity index (χ0) is 12.4. The van der Waals surface area contributed by atoms with E-state index >= 15 is 0 Å². The molecule has 2 heteroatoms. The Balaban J connectivity index is 1.65. The highest BCUT2D eigenvalue weighted by atomic mass is 16.1. The number of carbonyl (C=O) groups is 1. The monoisotopic (exact) mass is 243 g/mol. The summed E-state index contributed by atoms with van der Waals surface area (Å²) in [5, 5.41) is 3.31. The summed E-state index contributed by atoms with van der Waals surface area (Å²) in [4.78, 5) is 12.3. The van der Waals surface area contributed by atoms with Crippen molar-refractivity contribution in [3.63, 3.8) is 0 Å². The number of benzene rings is 1. The molecule has 1 aliphatic heterocycles. The van der Waals surface area contributed by atoms with Crippen LogP contribution >= 0.6 is 0 Å². The zero-order valence-electron chi connectivity index (χ0n) is 10.8. The van der Waals surface area contributed by atoms with Crippen LogP contribution in [0.25, 0.3) is 0 Å². The van der Waals surface area contributed by atoms with Crippen LogP contribution in [0.2, 0.25) is 0 Å². The molecule has 0 aromatic heterocycles. The molecule has 0 radical (unpaired) electrons. The molecule has 1 heterocycles. The Hall–Kier alpha value is -1.15. The van der Waals surface area contributed by atoms with Gasteiger partial charge in [0.15, 0.2) is 5.78 Å². The van der Waals surface area contributed by atoms with E-state index < -0.39 is 0 Å². The summed E-state index contributed by atoms with van der Waals surface area (Å²) in [5.74, 6) is 1.49. The summed E-state index contributed by atoms with van der Waals surface area (Å²) in [6, 6.07) is 8.35. The topological polar surface area (TPSA) is 29.1 Å². The van der Waals surface area contributed by atoms with Gasteiger partial charge >= 0.3 is 0 Å². The van der Waals surface area contributed by atoms with Gasteiger partial charge in [-0.25, -0.2) is 0 Å². The summed E-state index contributed by atoms with van der Waals surface area (Å²) >= 11 is 0. The lowest BCUT2D eigenvalue weighted by atomic mass is 9.89. The highest BCUT2D eigenvalue weighted by molar-refractivity contribution is 5.97. The van der Waals surface area contributed by atoms with E-state index in [-0.39, 0.29) is 5.92 Å². The second-order valence-electron chi connectivity index (χ2n) is 5.73. The molecule has 1 saturated carbocycles. The number of Topliss-reactive ketones (excluding diaryl/α,β-unsaturated/α-hetero) is 1. The molecule has 0 spiro atoms. The molecule has 0 atom stereocenters. The maximum atomic E-state index is 12.3. The normalized spacial score (nSPS) is 20.9. The molecule has 0 bridgehead atoms. The summed E-state index contributed by atoms with van der Waals surface area (Å²) in [6.45, 7) is 1.96. The largest absolute Gasteiger partial charge is 0.317 e. The number of hydrogen-bond donors (Lipinski definition) is 1. The second kappa shape index (κ2) is 5.23. The predicted molar refractivity (Wildman–Crippen MR) is 72.8 cm³/mol. The number of hydrogen-bond acceptors (Lipinski definition) is 2. The first kappa shape index (κ1) is 11.9. The standard InChI is InChI=1S/C16H21NO/c18-16(15-7-9-17-10-8-15)14-5-3-13(4-6-14)11-12-1-2-12/h3-6,12,15,17H,1-2,7-11H2. The van der Waals surface area contributed by atoms with Crippen LogP contribution in [0.4, 0.5) is 0 Å². The van der Waals surface area contributed by atoms with Gasteiger partial charge in [-0.05, 0) is 56.7 Å². The van der Waals surface area contributed by atoms with E-state index in [1.807, 2.05) is 12.1 Å². The molecular formula is C16H21NO. The first-order valence-corrected chi connectivity index (χ1v) is 7.17. The molecule has 2 fully saturated rings. The van der Waals surface area contributed by atoms with Crippen molar-refractivity contribution < 1.29 is 4.79 Å². The van der Waals surface area contributed by atoms with Crippen LogP contribution in [0.1, 0.15) is 41.6 Å². The molecule has 18 heavy (non-hydrogen) atoms. The fourth-order valence-electron chi connectivity index (χ4n) is 2.78. The molecule has 0 unspecified atom stereocenters. The van der Waals surface area contributed by atoms with Gasteiger partial charge in [-0.1, -0.05) is 24.3 Å². The molecule has 1 aromatic carbocycles. The van der Waals surface area contributed by atoms with Gasteiger partial charge in [-0.15, -0.1) is 0 Å². The van der Waals surface area contributed by atoms with E-state index in [9.17, 15) is 4.79 Å². The highest BCUT2D eigenvalue weighted by Crippen LogP contribution is 2.32. The van der Waals surface area contributed by atoms with Gasteiger partial charge in [0, 0.05) is 11.5 Å². The number of ketones is 1. The lowest BCUT2D eigenvalue weighted by Gasteiger charge is -2.21. The minimum Gasteiger partial charge on any atom is -0.317 e. The zero-order valence-corrected chi connectivity index (χ0v) is 10.8. The smallest absolute Gasteiger partial charge is 0.166 e. The minimum atomic E-state index is 0.237. The van der Waals surface area contributed by atoms with Gasteiger partial charge < -0.3 is 5.32 Å². The minimum absolute atomic E-state index is 0.237. The number of carbonyl (C=O) groups excluding carboxylic acids is 1. The Kier molecular flexibility index (Phi) is 3.46. The lowest BCUT2D eigenvalue weighted by Crippen LogP contribution is -2.31. The van der Waals surface area contributed by atoms with Crippen LogP contribution in [0, 0.1) is 11.8 Å². The second-order valence-corrected chi connectivity index (χ2v) is 5.73. The lowest BCUT2D eigenvalue weighted by molar-refractivity contribution is 0.0895. The van der Waals surface area contributed by atoms with Gasteiger partial charge in [0.25, 0.3) is 0 Å². The van der Waals surface area contributed by atoms with Crippen molar-refractivity contribution in [2.45, 2.75) is 32.1 Å². The summed E-state index contributed by atoms with van der Waals surface area (Å²) in [6.07, 6.45) is 5.94. The van der Waals surface area contributed by atoms with E-state index in [1.54, 1.807) is 0 Å². The Labute approximate surface area is 109 Å². The van der Waals surface area contributed by atoms with Crippen LogP contribution in [0.5, 0.6) is 0 Å². The third-order valence-corrected chi connectivity index (χ3v) is 4.17. The van der Waals surface area contributed by atoms with Crippen LogP contribution in [0.3, 0.4) is 0 Å². The van der Waals surface area contributed by atoms with Crippen molar-refractivity contribution in [3.05, 3.63) is 35.4 Å². The average Bonchev–Trinajstić information content (AvgIpc) is 3.24. The maximum absolute atomic E-state index is 12.3. The SMILES string of the molecule is O=C(c1ccc(CC2CC2)cc1)C1CCNCC1. The van der Waals surface area contributed by atoms with E-state index in [2.05, 4.69) is 17.4 Å². The van der Waals surface area contributed by atoms with E-state index in [1.165, 1.54) is 24.8 Å². The molecular weight excluding hydrogens is 222 g/mol. The van der Waals surface area contributed by atoms with Crippen molar-refractivity contribution in [2.24, 2.45) is 11.8 Å². The highest BCUT2D eigenvalue weighted by Gasteiger charge is 2.23. The molecule has 1 N–H and O–H groups in total. The quantitative estimate of drug-likeness (QED) is 0.824. The Bertz CT molecular complexity index is 413. The molecule has 2 nitrogen and oxygen atoms in total. The van der Waals surface area contributed by atoms with Gasteiger partial charge in [0.1, 0.15) is 0 Å². The third-order valence-electron chi connectivity index (χ3n) is 4.17.